The van der Waals surface area contributed by atoms with E-state index in [1.165, 1.54) is 14.0 Å². The first-order valence-electron chi connectivity index (χ1n) is 11.0. The second-order valence-electron chi connectivity index (χ2n) is 7.95. The number of ether oxygens (including phenoxy) is 1. The number of aliphatic hydroxyl groups excluding tert-OH is 1. The largest absolute Gasteiger partial charge is 0.467 e. The van der Waals surface area contributed by atoms with E-state index < -0.39 is 34.8 Å². The summed E-state index contributed by atoms with van der Waals surface area (Å²) in [4.78, 5) is 24.8. The first kappa shape index (κ1) is 25.5. The lowest BCUT2D eigenvalue weighted by Gasteiger charge is -2.36. The van der Waals surface area contributed by atoms with Gasteiger partial charge in [0.1, 0.15) is 0 Å². The molecule has 34 heavy (non-hydrogen) atoms. The summed E-state index contributed by atoms with van der Waals surface area (Å²) in [5.41, 5.74) is 9.45. The van der Waals surface area contributed by atoms with Crippen LogP contribution in [0.15, 0.2) is 91.0 Å². The van der Waals surface area contributed by atoms with Crippen molar-refractivity contribution in [3.63, 3.8) is 0 Å². The molecule has 4 N–H and O–H groups in total. The zero-order valence-corrected chi connectivity index (χ0v) is 20.1. The first-order chi connectivity index (χ1) is 16.4. The highest BCUT2D eigenvalue weighted by Crippen LogP contribution is 2.48. The Morgan fingerprint density at radius 1 is 0.912 bits per heavy atom. The Morgan fingerprint density at radius 2 is 1.32 bits per heavy atom. The molecule has 3 aromatic carbocycles. The molecule has 0 bridgehead atoms. The number of carbonyl (C=O) groups is 2. The number of nitrogens with two attached hydrogens (primary N) is 1. The summed E-state index contributed by atoms with van der Waals surface area (Å²) in [5.74, 6) is -1.000. The van der Waals surface area contributed by atoms with Crippen molar-refractivity contribution in [1.29, 1.82) is 0 Å². The van der Waals surface area contributed by atoms with E-state index in [2.05, 4.69) is 46.5 Å². The molecule has 1 amide bonds. The van der Waals surface area contributed by atoms with Crippen molar-refractivity contribution in [2.24, 2.45) is 5.73 Å². The number of hydrogen-bond donors (Lipinski definition) is 3. The highest BCUT2D eigenvalue weighted by Gasteiger charge is 2.38. The SMILES string of the molecule is COC(=O)C(NC(=O)C(N)CSC(c1ccccc1)(c1ccccc1)c1ccccc1)C(C)O. The minimum atomic E-state index is -1.18. The van der Waals surface area contributed by atoms with E-state index in [0.29, 0.717) is 0 Å². The maximum Gasteiger partial charge on any atom is 0.331 e. The smallest absolute Gasteiger partial charge is 0.331 e. The zero-order chi connectivity index (χ0) is 24.6. The molecule has 3 aromatic rings. The van der Waals surface area contributed by atoms with E-state index >= 15 is 0 Å². The van der Waals surface area contributed by atoms with Crippen LogP contribution < -0.4 is 11.1 Å². The number of rotatable bonds is 10. The van der Waals surface area contributed by atoms with Gasteiger partial charge in [-0.15, -0.1) is 11.8 Å². The lowest BCUT2D eigenvalue weighted by Crippen LogP contribution is -2.53. The maximum atomic E-state index is 12.8. The van der Waals surface area contributed by atoms with Crippen LogP contribution in [0.5, 0.6) is 0 Å². The summed E-state index contributed by atoms with van der Waals surface area (Å²) >= 11 is 1.55. The highest BCUT2D eigenvalue weighted by molar-refractivity contribution is 8.00. The number of esters is 1. The van der Waals surface area contributed by atoms with Crippen molar-refractivity contribution in [1.82, 2.24) is 5.32 Å². The Morgan fingerprint density at radius 3 is 1.68 bits per heavy atom. The van der Waals surface area contributed by atoms with Crippen LogP contribution in [-0.2, 0) is 19.1 Å². The van der Waals surface area contributed by atoms with Crippen molar-refractivity contribution in [2.75, 3.05) is 12.9 Å². The molecule has 0 aliphatic rings. The molecule has 3 atom stereocenters. The molecule has 3 rings (SSSR count). The quantitative estimate of drug-likeness (QED) is 0.306. The van der Waals surface area contributed by atoms with Gasteiger partial charge < -0.3 is 20.9 Å². The van der Waals surface area contributed by atoms with Crippen molar-refractivity contribution < 1.29 is 19.4 Å². The van der Waals surface area contributed by atoms with Gasteiger partial charge in [-0.25, -0.2) is 4.79 Å². The van der Waals surface area contributed by atoms with Crippen LogP contribution in [-0.4, -0.2) is 48.0 Å². The van der Waals surface area contributed by atoms with Gasteiger partial charge in [-0.1, -0.05) is 91.0 Å². The summed E-state index contributed by atoms with van der Waals surface area (Å²) in [7, 11) is 1.20. The lowest BCUT2D eigenvalue weighted by atomic mass is 9.84. The van der Waals surface area contributed by atoms with Crippen molar-refractivity contribution in [2.45, 2.75) is 29.9 Å². The predicted molar refractivity (Wildman–Crippen MR) is 135 cm³/mol. The van der Waals surface area contributed by atoms with Gasteiger partial charge in [0.25, 0.3) is 0 Å². The molecule has 7 heteroatoms. The molecule has 0 fully saturated rings. The van der Waals surface area contributed by atoms with Crippen molar-refractivity contribution in [3.05, 3.63) is 108 Å². The number of thioether (sulfide) groups is 1. The Labute approximate surface area is 204 Å². The van der Waals surface area contributed by atoms with Gasteiger partial charge >= 0.3 is 5.97 Å². The summed E-state index contributed by atoms with van der Waals surface area (Å²) in [5, 5.41) is 12.4. The van der Waals surface area contributed by atoms with Crippen LogP contribution in [0.1, 0.15) is 23.6 Å². The fourth-order valence-electron chi connectivity index (χ4n) is 3.82. The molecule has 0 radical (unpaired) electrons. The fourth-order valence-corrected chi connectivity index (χ4v) is 5.31. The standard InChI is InChI=1S/C27H30N2O4S/c1-19(30)24(26(32)33-2)29-25(31)23(28)18-34-27(20-12-6-3-7-13-20,21-14-8-4-9-15-21)22-16-10-5-11-17-22/h3-17,19,23-24,30H,18,28H2,1-2H3,(H,29,31). The van der Waals surface area contributed by atoms with E-state index in [1.54, 1.807) is 11.8 Å². The van der Waals surface area contributed by atoms with E-state index in [9.17, 15) is 14.7 Å². The van der Waals surface area contributed by atoms with Gasteiger partial charge in [-0.05, 0) is 23.6 Å². The topological polar surface area (TPSA) is 102 Å². The van der Waals surface area contributed by atoms with E-state index in [1.807, 2.05) is 54.6 Å². The molecule has 0 aliphatic carbocycles. The summed E-state index contributed by atoms with van der Waals surface area (Å²) in [6.07, 6.45) is -1.12. The number of benzene rings is 3. The summed E-state index contributed by atoms with van der Waals surface area (Å²) < 4.78 is 4.06. The zero-order valence-electron chi connectivity index (χ0n) is 19.3. The molecule has 0 spiro atoms. The second-order valence-corrected chi connectivity index (χ2v) is 9.18. The Bertz CT molecular complexity index is 965. The molecular weight excluding hydrogens is 448 g/mol. The van der Waals surface area contributed by atoms with Crippen molar-refractivity contribution >= 4 is 23.6 Å². The first-order valence-corrected chi connectivity index (χ1v) is 12.0. The number of hydrogen-bond acceptors (Lipinski definition) is 6. The maximum absolute atomic E-state index is 12.8. The van der Waals surface area contributed by atoms with Gasteiger partial charge in [-0.2, -0.15) is 0 Å². The van der Waals surface area contributed by atoms with E-state index in [-0.39, 0.29) is 5.75 Å². The molecule has 0 aliphatic heterocycles. The Hall–Kier alpha value is -3.13. The predicted octanol–water partition coefficient (Wildman–Crippen LogP) is 3.08. The number of methoxy groups -OCH3 is 1. The normalized spacial score (nSPS) is 14.0. The van der Waals surface area contributed by atoms with Gasteiger partial charge in [0.05, 0.1) is 24.0 Å². The monoisotopic (exact) mass is 478 g/mol. The van der Waals surface area contributed by atoms with Crippen LogP contribution in [0.3, 0.4) is 0 Å². The van der Waals surface area contributed by atoms with Crippen LogP contribution in [0.4, 0.5) is 0 Å². The van der Waals surface area contributed by atoms with Gasteiger partial charge in [0.2, 0.25) is 5.91 Å². The van der Waals surface area contributed by atoms with Crippen LogP contribution in [0.2, 0.25) is 0 Å². The number of amides is 1. The third-order valence-corrected chi connectivity index (χ3v) is 7.26. The average molecular weight is 479 g/mol. The van der Waals surface area contributed by atoms with Gasteiger partial charge in [0.15, 0.2) is 6.04 Å². The van der Waals surface area contributed by atoms with Gasteiger partial charge in [-0.3, -0.25) is 4.79 Å². The molecule has 6 nitrogen and oxygen atoms in total. The minimum Gasteiger partial charge on any atom is -0.467 e. The summed E-state index contributed by atoms with van der Waals surface area (Å²) in [6.45, 7) is 1.41. The summed E-state index contributed by atoms with van der Waals surface area (Å²) in [6, 6.07) is 28.2. The van der Waals surface area contributed by atoms with Gasteiger partial charge in [0, 0.05) is 5.75 Å². The van der Waals surface area contributed by atoms with E-state index in [4.69, 9.17) is 5.73 Å². The molecule has 0 saturated heterocycles. The van der Waals surface area contributed by atoms with E-state index in [0.717, 1.165) is 16.7 Å². The highest BCUT2D eigenvalue weighted by atomic mass is 32.2. The number of nitrogens with one attached hydrogen (secondary N) is 1. The third kappa shape index (κ3) is 5.67. The Balaban J connectivity index is 1.95. The second kappa shape index (κ2) is 11.8. The minimum absolute atomic E-state index is 0.262. The average Bonchev–Trinajstić information content (AvgIpc) is 2.88. The molecule has 0 saturated carbocycles. The molecule has 0 aromatic heterocycles. The lowest BCUT2D eigenvalue weighted by molar-refractivity contribution is -0.148. The molecule has 3 unspecified atom stereocenters. The van der Waals surface area contributed by atoms with Crippen LogP contribution in [0, 0.1) is 0 Å². The third-order valence-electron chi connectivity index (χ3n) is 5.59. The van der Waals surface area contributed by atoms with Crippen LogP contribution >= 0.6 is 11.8 Å². The molecular formula is C27H30N2O4S. The molecule has 0 heterocycles. The van der Waals surface area contributed by atoms with Crippen molar-refractivity contribution in [3.8, 4) is 0 Å². The molecule has 178 valence electrons. The van der Waals surface area contributed by atoms with Crippen LogP contribution in [0.25, 0.3) is 0 Å². The fraction of sp³-hybridized carbons (Fsp3) is 0.259. The number of carbonyl (C=O) groups excluding carboxylic acids is 2. The number of aliphatic hydroxyl groups is 1. The Kier molecular flexibility index (Phi) is 8.87.